The molecule has 1 aromatic rings. The lowest BCUT2D eigenvalue weighted by Gasteiger charge is -2.08. The van der Waals surface area contributed by atoms with Crippen molar-refractivity contribution in [3.63, 3.8) is 0 Å². The maximum Gasteiger partial charge on any atom is 0.233 e. The molecular formula is C11H19N3O. The van der Waals surface area contributed by atoms with Crippen molar-refractivity contribution in [1.82, 2.24) is 15.5 Å². The molecule has 1 rings (SSSR count). The summed E-state index contributed by atoms with van der Waals surface area (Å²) in [5.74, 6) is 0.587. The highest BCUT2D eigenvalue weighted by Gasteiger charge is 2.00. The number of hydrogen-bond donors (Lipinski definition) is 1. The number of aromatic nitrogens is 2. The van der Waals surface area contributed by atoms with Gasteiger partial charge in [-0.25, -0.2) is 0 Å². The number of nitrogens with zero attached hydrogens (tertiary/aromatic N) is 2. The summed E-state index contributed by atoms with van der Waals surface area (Å²) in [6, 6.07) is 3.79. The van der Waals surface area contributed by atoms with Gasteiger partial charge in [-0.3, -0.25) is 0 Å². The zero-order chi connectivity index (χ0) is 11.1. The van der Waals surface area contributed by atoms with Crippen LogP contribution in [-0.2, 0) is 6.54 Å². The van der Waals surface area contributed by atoms with Gasteiger partial charge < -0.3 is 10.1 Å². The van der Waals surface area contributed by atoms with Gasteiger partial charge in [-0.1, -0.05) is 6.92 Å². The fourth-order valence-electron chi connectivity index (χ4n) is 1.14. The molecule has 0 radical (unpaired) electrons. The highest BCUT2D eigenvalue weighted by atomic mass is 16.5. The first kappa shape index (κ1) is 11.9. The molecule has 1 aromatic heterocycles. The molecule has 0 atom stereocenters. The minimum atomic E-state index is 0.142. The van der Waals surface area contributed by atoms with Gasteiger partial charge in [0, 0.05) is 12.6 Å². The second kappa shape index (κ2) is 6.35. The van der Waals surface area contributed by atoms with Crippen LogP contribution in [0.15, 0.2) is 12.1 Å². The third-order valence-corrected chi connectivity index (χ3v) is 1.78. The van der Waals surface area contributed by atoms with E-state index >= 15 is 0 Å². The predicted octanol–water partition coefficient (Wildman–Crippen LogP) is 1.76. The Balaban J connectivity index is 2.42. The van der Waals surface area contributed by atoms with Crippen molar-refractivity contribution in [3.05, 3.63) is 17.8 Å². The standard InChI is InChI=1S/C11H19N3O/c1-4-7-12-8-10-5-6-11(14-13-10)15-9(2)3/h5-6,9,12H,4,7-8H2,1-3H3. The molecule has 0 saturated heterocycles. The summed E-state index contributed by atoms with van der Waals surface area (Å²) in [6.07, 6.45) is 1.27. The lowest BCUT2D eigenvalue weighted by Crippen LogP contribution is -2.15. The molecule has 0 aliphatic heterocycles. The van der Waals surface area contributed by atoms with Crippen molar-refractivity contribution in [3.8, 4) is 5.88 Å². The number of ether oxygens (including phenoxy) is 1. The summed E-state index contributed by atoms with van der Waals surface area (Å²) in [7, 11) is 0. The van der Waals surface area contributed by atoms with Crippen molar-refractivity contribution in [2.45, 2.75) is 39.8 Å². The second-order valence-electron chi connectivity index (χ2n) is 3.71. The molecule has 0 spiro atoms. The van der Waals surface area contributed by atoms with Crippen LogP contribution >= 0.6 is 0 Å². The van der Waals surface area contributed by atoms with E-state index < -0.39 is 0 Å². The molecule has 4 nitrogen and oxygen atoms in total. The Hall–Kier alpha value is -1.16. The van der Waals surface area contributed by atoms with Gasteiger partial charge in [0.1, 0.15) is 0 Å². The summed E-state index contributed by atoms with van der Waals surface area (Å²) in [4.78, 5) is 0. The Morgan fingerprint density at radius 3 is 2.67 bits per heavy atom. The predicted molar refractivity (Wildman–Crippen MR) is 59.8 cm³/mol. The SMILES string of the molecule is CCCNCc1ccc(OC(C)C)nn1. The van der Waals surface area contributed by atoms with Crippen LogP contribution in [0.2, 0.25) is 0 Å². The Morgan fingerprint density at radius 2 is 2.13 bits per heavy atom. The maximum absolute atomic E-state index is 5.40. The fraction of sp³-hybridized carbons (Fsp3) is 0.636. The Bertz CT molecular complexity index is 272. The first-order chi connectivity index (χ1) is 7.22. The van der Waals surface area contributed by atoms with E-state index in [0.29, 0.717) is 5.88 Å². The zero-order valence-corrected chi connectivity index (χ0v) is 9.66. The van der Waals surface area contributed by atoms with Gasteiger partial charge in [0.05, 0.1) is 11.8 Å². The van der Waals surface area contributed by atoms with E-state index in [-0.39, 0.29) is 6.10 Å². The van der Waals surface area contributed by atoms with Crippen molar-refractivity contribution < 1.29 is 4.74 Å². The van der Waals surface area contributed by atoms with Crippen molar-refractivity contribution in [2.24, 2.45) is 0 Å². The quantitative estimate of drug-likeness (QED) is 0.725. The van der Waals surface area contributed by atoms with Crippen LogP contribution in [0.5, 0.6) is 5.88 Å². The van der Waals surface area contributed by atoms with E-state index in [0.717, 1.165) is 25.2 Å². The number of nitrogens with one attached hydrogen (secondary N) is 1. The van der Waals surface area contributed by atoms with E-state index in [1.54, 1.807) is 0 Å². The van der Waals surface area contributed by atoms with Gasteiger partial charge in [0.2, 0.25) is 5.88 Å². The van der Waals surface area contributed by atoms with Gasteiger partial charge in [-0.15, -0.1) is 5.10 Å². The lowest BCUT2D eigenvalue weighted by atomic mass is 10.3. The summed E-state index contributed by atoms with van der Waals surface area (Å²) < 4.78 is 5.40. The molecule has 0 bridgehead atoms. The highest BCUT2D eigenvalue weighted by Crippen LogP contribution is 2.06. The molecule has 4 heteroatoms. The van der Waals surface area contributed by atoms with Gasteiger partial charge in [-0.2, -0.15) is 5.10 Å². The Labute approximate surface area is 91.1 Å². The molecule has 84 valence electrons. The average Bonchev–Trinajstić information content (AvgIpc) is 2.20. The molecule has 0 aromatic carbocycles. The molecule has 1 heterocycles. The van der Waals surface area contributed by atoms with Crippen LogP contribution in [0, 0.1) is 0 Å². The van der Waals surface area contributed by atoms with Crippen molar-refractivity contribution in [2.75, 3.05) is 6.54 Å². The molecule has 0 saturated carbocycles. The van der Waals surface area contributed by atoms with E-state index in [1.165, 1.54) is 0 Å². The van der Waals surface area contributed by atoms with E-state index in [4.69, 9.17) is 4.74 Å². The van der Waals surface area contributed by atoms with E-state index in [2.05, 4.69) is 22.4 Å². The largest absolute Gasteiger partial charge is 0.474 e. The van der Waals surface area contributed by atoms with Crippen molar-refractivity contribution in [1.29, 1.82) is 0 Å². The number of hydrogen-bond acceptors (Lipinski definition) is 4. The van der Waals surface area contributed by atoms with E-state index in [9.17, 15) is 0 Å². The zero-order valence-electron chi connectivity index (χ0n) is 9.66. The fourth-order valence-corrected chi connectivity index (χ4v) is 1.14. The maximum atomic E-state index is 5.40. The monoisotopic (exact) mass is 209 g/mol. The van der Waals surface area contributed by atoms with Crippen LogP contribution < -0.4 is 10.1 Å². The number of rotatable bonds is 6. The van der Waals surface area contributed by atoms with Gasteiger partial charge >= 0.3 is 0 Å². The Kier molecular flexibility index (Phi) is 5.04. The molecule has 0 aliphatic carbocycles. The van der Waals surface area contributed by atoms with Gasteiger partial charge in [0.15, 0.2) is 0 Å². The summed E-state index contributed by atoms with van der Waals surface area (Å²) in [5, 5.41) is 11.3. The Morgan fingerprint density at radius 1 is 1.33 bits per heavy atom. The van der Waals surface area contributed by atoms with Crippen LogP contribution in [-0.4, -0.2) is 22.8 Å². The average molecular weight is 209 g/mol. The summed E-state index contributed by atoms with van der Waals surface area (Å²) in [5.41, 5.74) is 0.944. The normalized spacial score (nSPS) is 10.7. The molecule has 15 heavy (non-hydrogen) atoms. The highest BCUT2D eigenvalue weighted by molar-refractivity contribution is 5.11. The van der Waals surface area contributed by atoms with Crippen LogP contribution in [0.1, 0.15) is 32.9 Å². The molecular weight excluding hydrogens is 190 g/mol. The van der Waals surface area contributed by atoms with Crippen molar-refractivity contribution >= 4 is 0 Å². The topological polar surface area (TPSA) is 47.0 Å². The molecule has 0 aliphatic rings. The van der Waals surface area contributed by atoms with Gasteiger partial charge in [-0.05, 0) is 32.9 Å². The van der Waals surface area contributed by atoms with Gasteiger partial charge in [0.25, 0.3) is 0 Å². The van der Waals surface area contributed by atoms with E-state index in [1.807, 2.05) is 26.0 Å². The molecule has 0 unspecified atom stereocenters. The summed E-state index contributed by atoms with van der Waals surface area (Å²) in [6.45, 7) is 7.85. The molecule has 0 fully saturated rings. The van der Waals surface area contributed by atoms with Crippen LogP contribution in [0.3, 0.4) is 0 Å². The smallest absolute Gasteiger partial charge is 0.233 e. The minimum absolute atomic E-state index is 0.142. The summed E-state index contributed by atoms with van der Waals surface area (Å²) >= 11 is 0. The first-order valence-electron chi connectivity index (χ1n) is 5.42. The molecule has 1 N–H and O–H groups in total. The minimum Gasteiger partial charge on any atom is -0.474 e. The lowest BCUT2D eigenvalue weighted by molar-refractivity contribution is 0.229. The first-order valence-corrected chi connectivity index (χ1v) is 5.42. The molecule has 0 amide bonds. The third kappa shape index (κ3) is 4.74. The third-order valence-electron chi connectivity index (χ3n) is 1.78. The van der Waals surface area contributed by atoms with Crippen LogP contribution in [0.25, 0.3) is 0 Å². The van der Waals surface area contributed by atoms with Crippen LogP contribution in [0.4, 0.5) is 0 Å². The second-order valence-corrected chi connectivity index (χ2v) is 3.71.